The SMILES string of the molecule is C[C@@H]1C[C@@H](Oc2ccc(-c3nccc(Nc4ccc(N5CCN(C6COC6)CC5)cc4)n3)cc2C#N)CN1C(=O)CO. The number of nitriles is 1. The number of anilines is 3. The Bertz CT molecular complexity index is 1450. The number of carbonyl (C=O) groups is 1. The molecule has 2 atom stereocenters. The van der Waals surface area contributed by atoms with Crippen LogP contribution < -0.4 is 15.0 Å². The zero-order chi connectivity index (χ0) is 29.1. The molecule has 3 aliphatic heterocycles. The second-order valence-corrected chi connectivity index (χ2v) is 11.0. The number of carbonyl (C=O) groups excluding carboxylic acids is 1. The first-order valence-corrected chi connectivity index (χ1v) is 14.4. The van der Waals surface area contributed by atoms with Crippen LogP contribution in [0.25, 0.3) is 11.4 Å². The van der Waals surface area contributed by atoms with Gasteiger partial charge < -0.3 is 29.7 Å². The Hall–Kier alpha value is -4.24. The van der Waals surface area contributed by atoms with Gasteiger partial charge in [-0.2, -0.15) is 5.26 Å². The molecule has 2 aromatic carbocycles. The van der Waals surface area contributed by atoms with E-state index in [2.05, 4.69) is 55.4 Å². The summed E-state index contributed by atoms with van der Waals surface area (Å²) in [6, 6.07) is 18.2. The van der Waals surface area contributed by atoms with Gasteiger partial charge in [-0.05, 0) is 55.5 Å². The Morgan fingerprint density at radius 3 is 2.62 bits per heavy atom. The van der Waals surface area contributed by atoms with Gasteiger partial charge >= 0.3 is 0 Å². The van der Waals surface area contributed by atoms with Gasteiger partial charge in [0.15, 0.2) is 5.82 Å². The lowest BCUT2D eigenvalue weighted by Crippen LogP contribution is -2.56. The Morgan fingerprint density at radius 1 is 1.14 bits per heavy atom. The molecule has 3 aromatic rings. The molecule has 0 aliphatic carbocycles. The average molecular weight is 570 g/mol. The second-order valence-electron chi connectivity index (χ2n) is 11.0. The summed E-state index contributed by atoms with van der Waals surface area (Å²) < 4.78 is 11.4. The van der Waals surface area contributed by atoms with E-state index in [1.54, 1.807) is 23.2 Å². The summed E-state index contributed by atoms with van der Waals surface area (Å²) in [5, 5.41) is 22.4. The standard InChI is InChI=1S/C31H35N7O4/c1-21-14-27(17-38(21)30(40)18-39)42-28-7-2-22(15-23(28)16-32)31-33-9-8-29(35-31)34-24-3-5-25(6-4-24)36-10-12-37(13-11-36)26-19-41-20-26/h2-9,15,21,26-27,39H,10-14,17-20H2,1H3,(H,33,34,35)/t21-,27-/m1/s1. The van der Waals surface area contributed by atoms with Crippen LogP contribution in [0.2, 0.25) is 0 Å². The molecule has 11 nitrogen and oxygen atoms in total. The van der Waals surface area contributed by atoms with E-state index >= 15 is 0 Å². The van der Waals surface area contributed by atoms with Crippen molar-refractivity contribution in [1.82, 2.24) is 19.8 Å². The maximum absolute atomic E-state index is 12.0. The van der Waals surface area contributed by atoms with Gasteiger partial charge in [0, 0.05) is 61.8 Å². The zero-order valence-electron chi connectivity index (χ0n) is 23.6. The first-order valence-electron chi connectivity index (χ1n) is 14.4. The van der Waals surface area contributed by atoms with Crippen LogP contribution in [0.5, 0.6) is 5.75 Å². The molecule has 1 amide bonds. The van der Waals surface area contributed by atoms with E-state index in [9.17, 15) is 15.2 Å². The number of benzene rings is 2. The lowest BCUT2D eigenvalue weighted by molar-refractivity contribution is -0.134. The van der Waals surface area contributed by atoms with Crippen LogP contribution >= 0.6 is 0 Å². The third kappa shape index (κ3) is 6.01. The highest BCUT2D eigenvalue weighted by atomic mass is 16.5. The van der Waals surface area contributed by atoms with E-state index in [-0.39, 0.29) is 18.1 Å². The molecule has 0 saturated carbocycles. The molecular formula is C31H35N7O4. The average Bonchev–Trinajstić information content (AvgIpc) is 3.36. The Kier molecular flexibility index (Phi) is 8.19. The normalized spacial score (nSPS) is 21.1. The number of aliphatic hydroxyl groups excluding tert-OH is 1. The number of piperazine rings is 1. The molecule has 3 aliphatic rings. The topological polar surface area (TPSA) is 127 Å². The highest BCUT2D eigenvalue weighted by Gasteiger charge is 2.34. The van der Waals surface area contributed by atoms with E-state index < -0.39 is 6.61 Å². The number of rotatable bonds is 8. The molecule has 0 spiro atoms. The molecule has 3 fully saturated rings. The molecule has 2 N–H and O–H groups in total. The summed E-state index contributed by atoms with van der Waals surface area (Å²) in [5.41, 5.74) is 3.20. The number of hydrogen-bond donors (Lipinski definition) is 2. The number of likely N-dealkylation sites (tertiary alicyclic amines) is 1. The summed E-state index contributed by atoms with van der Waals surface area (Å²) >= 11 is 0. The fraction of sp³-hybridized carbons (Fsp3) is 0.419. The van der Waals surface area contributed by atoms with Gasteiger partial charge in [0.1, 0.15) is 30.3 Å². The first-order chi connectivity index (χ1) is 20.5. The van der Waals surface area contributed by atoms with Crippen LogP contribution in [-0.2, 0) is 9.53 Å². The number of aromatic nitrogens is 2. The zero-order valence-corrected chi connectivity index (χ0v) is 23.6. The smallest absolute Gasteiger partial charge is 0.248 e. The van der Waals surface area contributed by atoms with Gasteiger partial charge in [-0.15, -0.1) is 0 Å². The van der Waals surface area contributed by atoms with Crippen molar-refractivity contribution in [3.05, 3.63) is 60.3 Å². The maximum atomic E-state index is 12.0. The summed E-state index contributed by atoms with van der Waals surface area (Å²) in [7, 11) is 0. The summed E-state index contributed by atoms with van der Waals surface area (Å²) in [6.45, 7) is 7.63. The lowest BCUT2D eigenvalue weighted by atomic mass is 10.1. The molecule has 3 saturated heterocycles. The van der Waals surface area contributed by atoms with Crippen LogP contribution in [0.4, 0.5) is 17.2 Å². The number of nitrogens with one attached hydrogen (secondary N) is 1. The van der Waals surface area contributed by atoms with Gasteiger partial charge in [0.2, 0.25) is 5.91 Å². The minimum atomic E-state index is -0.525. The fourth-order valence-electron chi connectivity index (χ4n) is 5.79. The van der Waals surface area contributed by atoms with Crippen molar-refractivity contribution < 1.29 is 19.4 Å². The Labute approximate surface area is 245 Å². The first kappa shape index (κ1) is 27.9. The van der Waals surface area contributed by atoms with Crippen molar-refractivity contribution in [1.29, 1.82) is 5.26 Å². The van der Waals surface area contributed by atoms with Crippen molar-refractivity contribution in [3.8, 4) is 23.2 Å². The van der Waals surface area contributed by atoms with Crippen LogP contribution in [0.3, 0.4) is 0 Å². The number of aliphatic hydroxyl groups is 1. The highest BCUT2D eigenvalue weighted by molar-refractivity contribution is 5.78. The highest BCUT2D eigenvalue weighted by Crippen LogP contribution is 2.29. The minimum Gasteiger partial charge on any atom is -0.487 e. The summed E-state index contributed by atoms with van der Waals surface area (Å²) in [5.74, 6) is 1.27. The van der Waals surface area contributed by atoms with Crippen molar-refractivity contribution in [2.75, 3.05) is 62.8 Å². The monoisotopic (exact) mass is 569 g/mol. The molecule has 0 radical (unpaired) electrons. The van der Waals surface area contributed by atoms with Crippen LogP contribution in [0, 0.1) is 11.3 Å². The van der Waals surface area contributed by atoms with Gasteiger partial charge in [0.25, 0.3) is 0 Å². The molecule has 6 rings (SSSR count). The molecule has 4 heterocycles. The van der Waals surface area contributed by atoms with Crippen LogP contribution in [-0.4, -0.2) is 102 Å². The predicted molar refractivity (Wildman–Crippen MR) is 158 cm³/mol. The van der Waals surface area contributed by atoms with Gasteiger partial charge in [-0.3, -0.25) is 9.69 Å². The molecule has 218 valence electrons. The Balaban J connectivity index is 1.09. The largest absolute Gasteiger partial charge is 0.487 e. The van der Waals surface area contributed by atoms with E-state index in [4.69, 9.17) is 9.47 Å². The second kappa shape index (κ2) is 12.3. The van der Waals surface area contributed by atoms with E-state index in [0.717, 1.165) is 45.1 Å². The van der Waals surface area contributed by atoms with Gasteiger partial charge in [-0.1, -0.05) is 0 Å². The quantitative estimate of drug-likeness (QED) is 0.418. The molecule has 1 aromatic heterocycles. The maximum Gasteiger partial charge on any atom is 0.248 e. The Morgan fingerprint density at radius 2 is 1.93 bits per heavy atom. The minimum absolute atomic E-state index is 0.0393. The van der Waals surface area contributed by atoms with Crippen LogP contribution in [0.15, 0.2) is 54.7 Å². The number of nitrogens with zero attached hydrogens (tertiary/aromatic N) is 6. The molecular weight excluding hydrogens is 534 g/mol. The van der Waals surface area contributed by atoms with Crippen molar-refractivity contribution in [2.24, 2.45) is 0 Å². The fourth-order valence-corrected chi connectivity index (χ4v) is 5.79. The molecule has 0 unspecified atom stereocenters. The van der Waals surface area contributed by atoms with Crippen LogP contribution in [0.1, 0.15) is 18.9 Å². The van der Waals surface area contributed by atoms with E-state index in [0.29, 0.717) is 47.5 Å². The van der Waals surface area contributed by atoms with E-state index in [1.807, 2.05) is 19.1 Å². The van der Waals surface area contributed by atoms with Crippen molar-refractivity contribution in [3.63, 3.8) is 0 Å². The van der Waals surface area contributed by atoms with Crippen molar-refractivity contribution in [2.45, 2.75) is 31.5 Å². The summed E-state index contributed by atoms with van der Waals surface area (Å²) in [4.78, 5) is 27.6. The van der Waals surface area contributed by atoms with E-state index in [1.165, 1.54) is 5.69 Å². The van der Waals surface area contributed by atoms with Gasteiger partial charge in [0.05, 0.1) is 31.4 Å². The van der Waals surface area contributed by atoms with Crippen molar-refractivity contribution >= 4 is 23.1 Å². The summed E-state index contributed by atoms with van der Waals surface area (Å²) in [6.07, 6.45) is 2.06. The molecule has 0 bridgehead atoms. The molecule has 11 heteroatoms. The predicted octanol–water partition coefficient (Wildman–Crippen LogP) is 2.64. The number of ether oxygens (including phenoxy) is 2. The lowest BCUT2D eigenvalue weighted by Gasteiger charge is -2.43. The number of hydrogen-bond acceptors (Lipinski definition) is 10. The van der Waals surface area contributed by atoms with Gasteiger partial charge in [-0.25, -0.2) is 9.97 Å². The third-order valence-electron chi connectivity index (χ3n) is 8.26. The third-order valence-corrected chi connectivity index (χ3v) is 8.26. The number of amides is 1. The molecule has 42 heavy (non-hydrogen) atoms.